The Balaban J connectivity index is 3.17. The van der Waals surface area contributed by atoms with E-state index in [-0.39, 0.29) is 0 Å². The molecule has 1 aromatic rings. The van der Waals surface area contributed by atoms with Crippen LogP contribution in [-0.4, -0.2) is 22.5 Å². The van der Waals surface area contributed by atoms with E-state index in [4.69, 9.17) is 23.2 Å². The Morgan fingerprint density at radius 2 is 1.89 bits per heavy atom. The van der Waals surface area contributed by atoms with Gasteiger partial charge in [-0.2, -0.15) is 0 Å². The van der Waals surface area contributed by atoms with Crippen molar-refractivity contribution in [2.24, 2.45) is 0 Å². The van der Waals surface area contributed by atoms with E-state index in [0.717, 1.165) is 13.6 Å². The van der Waals surface area contributed by atoms with Crippen molar-refractivity contribution in [2.45, 2.75) is 0 Å². The van der Waals surface area contributed by atoms with Crippen LogP contribution >= 0.6 is 23.2 Å². The first-order valence-electron chi connectivity index (χ1n) is 2.37. The van der Waals surface area contributed by atoms with E-state index in [0.29, 0.717) is 0 Å². The van der Waals surface area contributed by atoms with Gasteiger partial charge in [0, 0.05) is 0 Å². The quantitative estimate of drug-likeness (QED) is 0.627. The molecule has 0 aliphatic carbocycles. The predicted octanol–water partition coefficient (Wildman–Crippen LogP) is 1.79. The zero-order chi connectivity index (χ0) is 6.85. The molecule has 1 rings (SSSR count). The second kappa shape index (κ2) is 3.13. The molecule has 0 aliphatic heterocycles. The van der Waals surface area contributed by atoms with Gasteiger partial charge < -0.3 is 0 Å². The molecule has 0 unspecified atom stereocenters. The van der Waals surface area contributed by atoms with Gasteiger partial charge in [-0.05, 0) is 0 Å². The summed E-state index contributed by atoms with van der Waals surface area (Å²) in [7, 11) is 0. The fourth-order valence-corrected chi connectivity index (χ4v) is 1.73. The maximum absolute atomic E-state index is 5.74. The first-order chi connectivity index (χ1) is 4.20. The van der Waals surface area contributed by atoms with Crippen LogP contribution in [0, 0.1) is 0 Å². The van der Waals surface area contributed by atoms with Gasteiger partial charge in [0.2, 0.25) is 0 Å². The number of benzene rings is 1. The molecule has 1 aromatic carbocycles. The molecule has 45 valence electrons. The van der Waals surface area contributed by atoms with Crippen LogP contribution in [-0.2, 0) is 0 Å². The Bertz CT molecular complexity index is 222. The van der Waals surface area contributed by atoms with Crippen LogP contribution in [0.4, 0.5) is 0 Å². The molecule has 0 saturated heterocycles. The zero-order valence-electron chi connectivity index (χ0n) is 4.49. The third kappa shape index (κ3) is 2.02. The van der Waals surface area contributed by atoms with E-state index in [1.165, 1.54) is 22.5 Å². The summed E-state index contributed by atoms with van der Waals surface area (Å²) >= 11 is 12.7. The van der Waals surface area contributed by atoms with Crippen LogP contribution in [0.3, 0.4) is 0 Å². The van der Waals surface area contributed by atoms with Crippen LogP contribution in [0.2, 0.25) is 10.0 Å². The molecule has 0 N–H and O–H groups in total. The fraction of sp³-hybridized carbons (Fsp3) is 0. The summed E-state index contributed by atoms with van der Waals surface area (Å²) in [5, 5.41) is 1.56. The van der Waals surface area contributed by atoms with Gasteiger partial charge in [0.05, 0.1) is 0 Å². The van der Waals surface area contributed by atoms with Gasteiger partial charge in [-0.15, -0.1) is 0 Å². The average Bonchev–Trinajstić information content (AvgIpc) is 1.80. The van der Waals surface area contributed by atoms with E-state index in [2.05, 4.69) is 0 Å². The van der Waals surface area contributed by atoms with E-state index >= 15 is 0 Å². The summed E-state index contributed by atoms with van der Waals surface area (Å²) in [6.07, 6.45) is 0. The Hall–Kier alpha value is 0.599. The molecule has 0 fully saturated rings. The molecular weight excluding hydrogens is 262 g/mol. The van der Waals surface area contributed by atoms with Crippen molar-refractivity contribution in [1.82, 2.24) is 0 Å². The minimum atomic E-state index is 0.756. The van der Waals surface area contributed by atoms with Crippen molar-refractivity contribution in [3.63, 3.8) is 0 Å². The van der Waals surface area contributed by atoms with Gasteiger partial charge >= 0.3 is 77.6 Å². The SMILES string of the molecule is Clc1ccc(Cl)[c]([Sn])c1. The molecule has 3 radical (unpaired) electrons. The summed E-state index contributed by atoms with van der Waals surface area (Å²) in [6, 6.07) is 5.48. The van der Waals surface area contributed by atoms with Gasteiger partial charge in [-0.1, -0.05) is 0 Å². The maximum atomic E-state index is 5.74. The molecule has 0 spiro atoms. The van der Waals surface area contributed by atoms with Crippen molar-refractivity contribution in [2.75, 3.05) is 0 Å². The molecule has 0 saturated carbocycles. The van der Waals surface area contributed by atoms with E-state index in [1.54, 1.807) is 6.07 Å². The normalized spacial score (nSPS) is 9.67. The molecule has 0 heterocycles. The standard InChI is InChI=1S/C6H3Cl2.Sn/c7-5-1-2-6(8)4-3-5;/h1-3H;. The van der Waals surface area contributed by atoms with Gasteiger partial charge in [0.15, 0.2) is 0 Å². The van der Waals surface area contributed by atoms with Crippen molar-refractivity contribution in [3.05, 3.63) is 28.2 Å². The first kappa shape index (κ1) is 7.70. The van der Waals surface area contributed by atoms with Crippen molar-refractivity contribution < 1.29 is 0 Å². The van der Waals surface area contributed by atoms with E-state index in [1.807, 2.05) is 12.1 Å². The molecule has 0 atom stereocenters. The van der Waals surface area contributed by atoms with Crippen molar-refractivity contribution >= 4 is 49.3 Å². The van der Waals surface area contributed by atoms with Crippen LogP contribution in [0.5, 0.6) is 0 Å². The number of rotatable bonds is 0. The molecule has 0 aromatic heterocycles. The van der Waals surface area contributed by atoms with Gasteiger partial charge in [0.25, 0.3) is 0 Å². The summed E-state index contributed by atoms with van der Waals surface area (Å²) in [5.74, 6) is 0. The molecule has 0 nitrogen and oxygen atoms in total. The van der Waals surface area contributed by atoms with Crippen molar-refractivity contribution in [3.8, 4) is 0 Å². The summed E-state index contributed by atoms with van der Waals surface area (Å²) < 4.78 is 1.11. The minimum absolute atomic E-state index is 0.756. The van der Waals surface area contributed by atoms with Crippen LogP contribution in [0.25, 0.3) is 0 Å². The molecule has 0 aliphatic rings. The molecule has 0 amide bonds. The number of hydrogen-bond donors (Lipinski definition) is 0. The Kier molecular flexibility index (Phi) is 2.68. The molecule has 3 heteroatoms. The molecule has 0 bridgehead atoms. The second-order valence-corrected chi connectivity index (χ2v) is 4.01. The van der Waals surface area contributed by atoms with Gasteiger partial charge in [-0.25, -0.2) is 0 Å². The topological polar surface area (TPSA) is 0 Å². The van der Waals surface area contributed by atoms with Gasteiger partial charge in [0.1, 0.15) is 0 Å². The fourth-order valence-electron chi connectivity index (χ4n) is 0.497. The molecule has 9 heavy (non-hydrogen) atoms. The van der Waals surface area contributed by atoms with Crippen molar-refractivity contribution in [1.29, 1.82) is 0 Å². The third-order valence-corrected chi connectivity index (χ3v) is 3.13. The number of halogens is 2. The summed E-state index contributed by atoms with van der Waals surface area (Å²) in [5.41, 5.74) is 0. The van der Waals surface area contributed by atoms with Crippen LogP contribution in [0.15, 0.2) is 18.2 Å². The Morgan fingerprint density at radius 3 is 2.33 bits per heavy atom. The Labute approximate surface area is 77.2 Å². The first-order valence-corrected chi connectivity index (χ1v) is 4.55. The van der Waals surface area contributed by atoms with Crippen LogP contribution in [0.1, 0.15) is 0 Å². The predicted molar refractivity (Wildman–Crippen MR) is 41.9 cm³/mol. The van der Waals surface area contributed by atoms with E-state index in [9.17, 15) is 0 Å². The third-order valence-electron chi connectivity index (χ3n) is 0.928. The molecular formula is C6H3Cl2Sn. The average molecular weight is 265 g/mol. The Morgan fingerprint density at radius 1 is 1.22 bits per heavy atom. The zero-order valence-corrected chi connectivity index (χ0v) is 8.85. The van der Waals surface area contributed by atoms with Gasteiger partial charge in [-0.3, -0.25) is 0 Å². The van der Waals surface area contributed by atoms with E-state index < -0.39 is 0 Å². The monoisotopic (exact) mass is 265 g/mol. The number of hydrogen-bond acceptors (Lipinski definition) is 0. The second-order valence-electron chi connectivity index (χ2n) is 1.62. The summed E-state index contributed by atoms with van der Waals surface area (Å²) in [6.45, 7) is 0. The summed E-state index contributed by atoms with van der Waals surface area (Å²) in [4.78, 5) is 0. The van der Waals surface area contributed by atoms with Crippen LogP contribution < -0.4 is 3.58 Å².